The number of fused-ring (bicyclic) bond motifs is 1. The fraction of sp³-hybridized carbons (Fsp3) is 0.429. The van der Waals surface area contributed by atoms with E-state index in [9.17, 15) is 0 Å². The maximum atomic E-state index is 6.19. The van der Waals surface area contributed by atoms with Crippen LogP contribution < -0.4 is 10.5 Å². The number of hydrogen-bond donors (Lipinski definition) is 1. The minimum atomic E-state index is 0.624. The lowest BCUT2D eigenvalue weighted by molar-refractivity contribution is 0.415. The Morgan fingerprint density at radius 1 is 1.39 bits per heavy atom. The van der Waals surface area contributed by atoms with Crippen LogP contribution in [-0.4, -0.2) is 18.2 Å². The van der Waals surface area contributed by atoms with Crippen LogP contribution in [0.3, 0.4) is 0 Å². The Kier molecular flexibility index (Phi) is 4.15. The zero-order chi connectivity index (χ0) is 13.1. The van der Waals surface area contributed by atoms with Crippen molar-refractivity contribution in [3.05, 3.63) is 28.9 Å². The Morgan fingerprint density at radius 2 is 2.17 bits per heavy atom. The molecule has 98 valence electrons. The molecular formula is C14H19ClN2O. The maximum Gasteiger partial charge on any atom is 0.138 e. The Labute approximate surface area is 112 Å². The molecule has 0 aliphatic carbocycles. The van der Waals surface area contributed by atoms with Gasteiger partial charge in [0.25, 0.3) is 0 Å². The van der Waals surface area contributed by atoms with Crippen LogP contribution in [0.15, 0.2) is 18.3 Å². The third-order valence-electron chi connectivity index (χ3n) is 3.13. The molecule has 1 heterocycles. The van der Waals surface area contributed by atoms with Gasteiger partial charge in [0.05, 0.1) is 17.6 Å². The van der Waals surface area contributed by atoms with Gasteiger partial charge in [-0.15, -0.1) is 0 Å². The van der Waals surface area contributed by atoms with Crippen molar-refractivity contribution in [2.24, 2.45) is 5.73 Å². The molecule has 0 aliphatic rings. The van der Waals surface area contributed by atoms with Crippen LogP contribution in [0.25, 0.3) is 10.9 Å². The molecule has 0 aliphatic heterocycles. The SMILES string of the molecule is CCCc1cn(CCN)c2cc(Cl)c(OC)cc12. The standard InChI is InChI=1S/C14H19ClN2O/c1-3-4-10-9-17(6-5-16)13-8-12(15)14(18-2)7-11(10)13/h7-9H,3-6,16H2,1-2H3. The molecule has 1 aromatic heterocycles. The van der Waals surface area contributed by atoms with Gasteiger partial charge < -0.3 is 15.0 Å². The molecule has 2 aromatic rings. The molecule has 0 atom stereocenters. The molecule has 0 fully saturated rings. The average Bonchev–Trinajstić information content (AvgIpc) is 2.67. The van der Waals surface area contributed by atoms with Crippen LogP contribution in [0.5, 0.6) is 5.75 Å². The predicted molar refractivity (Wildman–Crippen MR) is 76.5 cm³/mol. The summed E-state index contributed by atoms with van der Waals surface area (Å²) in [4.78, 5) is 0. The Balaban J connectivity index is 2.62. The highest BCUT2D eigenvalue weighted by Gasteiger charge is 2.11. The second-order valence-electron chi connectivity index (χ2n) is 4.39. The molecule has 0 unspecified atom stereocenters. The van der Waals surface area contributed by atoms with Gasteiger partial charge in [-0.3, -0.25) is 0 Å². The molecule has 2 N–H and O–H groups in total. The van der Waals surface area contributed by atoms with Crippen molar-refractivity contribution in [3.8, 4) is 5.75 Å². The highest BCUT2D eigenvalue weighted by atomic mass is 35.5. The third-order valence-corrected chi connectivity index (χ3v) is 3.42. The molecular weight excluding hydrogens is 248 g/mol. The number of methoxy groups -OCH3 is 1. The second kappa shape index (κ2) is 5.63. The fourth-order valence-corrected chi connectivity index (χ4v) is 2.55. The van der Waals surface area contributed by atoms with Gasteiger partial charge in [-0.2, -0.15) is 0 Å². The van der Waals surface area contributed by atoms with E-state index in [0.29, 0.717) is 11.6 Å². The monoisotopic (exact) mass is 266 g/mol. The lowest BCUT2D eigenvalue weighted by Crippen LogP contribution is -2.08. The molecule has 0 saturated carbocycles. The molecule has 2 rings (SSSR count). The summed E-state index contributed by atoms with van der Waals surface area (Å²) in [6.45, 7) is 3.61. The van der Waals surface area contributed by atoms with Crippen molar-refractivity contribution < 1.29 is 4.74 Å². The number of aryl methyl sites for hydroxylation is 1. The number of halogens is 1. The van der Waals surface area contributed by atoms with Gasteiger partial charge in [-0.25, -0.2) is 0 Å². The zero-order valence-corrected chi connectivity index (χ0v) is 11.6. The summed E-state index contributed by atoms with van der Waals surface area (Å²) in [6, 6.07) is 3.99. The number of aromatic nitrogens is 1. The van der Waals surface area contributed by atoms with Gasteiger partial charge in [0, 0.05) is 24.7 Å². The van der Waals surface area contributed by atoms with Crippen molar-refractivity contribution in [2.75, 3.05) is 13.7 Å². The van der Waals surface area contributed by atoms with Crippen molar-refractivity contribution in [2.45, 2.75) is 26.3 Å². The lowest BCUT2D eigenvalue weighted by Gasteiger charge is -2.06. The van der Waals surface area contributed by atoms with Crippen LogP contribution in [0.2, 0.25) is 5.02 Å². The van der Waals surface area contributed by atoms with E-state index in [1.54, 1.807) is 7.11 Å². The number of rotatable bonds is 5. The topological polar surface area (TPSA) is 40.2 Å². The van der Waals surface area contributed by atoms with E-state index in [1.165, 1.54) is 10.9 Å². The number of benzene rings is 1. The van der Waals surface area contributed by atoms with E-state index >= 15 is 0 Å². The number of ether oxygens (including phenoxy) is 1. The van der Waals surface area contributed by atoms with Gasteiger partial charge in [0.1, 0.15) is 5.75 Å². The second-order valence-corrected chi connectivity index (χ2v) is 4.80. The van der Waals surface area contributed by atoms with Crippen molar-refractivity contribution >= 4 is 22.5 Å². The van der Waals surface area contributed by atoms with Crippen LogP contribution in [0.4, 0.5) is 0 Å². The summed E-state index contributed by atoms with van der Waals surface area (Å²) in [5.41, 5.74) is 8.11. The van der Waals surface area contributed by atoms with Gasteiger partial charge in [0.15, 0.2) is 0 Å². The summed E-state index contributed by atoms with van der Waals surface area (Å²) in [5, 5.41) is 1.86. The first-order valence-electron chi connectivity index (χ1n) is 6.26. The van der Waals surface area contributed by atoms with Crippen molar-refractivity contribution in [1.29, 1.82) is 0 Å². The summed E-state index contributed by atoms with van der Waals surface area (Å²) in [7, 11) is 1.64. The molecule has 18 heavy (non-hydrogen) atoms. The molecule has 4 heteroatoms. The van der Waals surface area contributed by atoms with E-state index in [2.05, 4.69) is 17.7 Å². The van der Waals surface area contributed by atoms with Gasteiger partial charge >= 0.3 is 0 Å². The van der Waals surface area contributed by atoms with Gasteiger partial charge in [-0.1, -0.05) is 24.9 Å². The summed E-state index contributed by atoms with van der Waals surface area (Å²) >= 11 is 6.19. The average molecular weight is 267 g/mol. The minimum Gasteiger partial charge on any atom is -0.495 e. The number of nitrogens with zero attached hydrogens (tertiary/aromatic N) is 1. The minimum absolute atomic E-state index is 0.624. The van der Waals surface area contributed by atoms with Gasteiger partial charge in [0.2, 0.25) is 0 Å². The Bertz CT molecular complexity index is 548. The van der Waals surface area contributed by atoms with Crippen LogP contribution >= 0.6 is 11.6 Å². The maximum absolute atomic E-state index is 6.19. The zero-order valence-electron chi connectivity index (χ0n) is 10.9. The Hall–Kier alpha value is -1.19. The summed E-state index contributed by atoms with van der Waals surface area (Å²) in [6.07, 6.45) is 4.35. The highest BCUT2D eigenvalue weighted by molar-refractivity contribution is 6.32. The molecule has 0 saturated heterocycles. The first-order valence-corrected chi connectivity index (χ1v) is 6.64. The lowest BCUT2D eigenvalue weighted by atomic mass is 10.1. The number of hydrogen-bond acceptors (Lipinski definition) is 2. The summed E-state index contributed by atoms with van der Waals surface area (Å²) < 4.78 is 7.46. The van der Waals surface area contributed by atoms with Crippen LogP contribution in [0, 0.1) is 0 Å². The molecule has 1 aromatic carbocycles. The first kappa shape index (κ1) is 13.2. The summed E-state index contributed by atoms with van der Waals surface area (Å²) in [5.74, 6) is 0.729. The molecule has 0 radical (unpaired) electrons. The highest BCUT2D eigenvalue weighted by Crippen LogP contribution is 2.33. The van der Waals surface area contributed by atoms with Crippen LogP contribution in [-0.2, 0) is 13.0 Å². The van der Waals surface area contributed by atoms with E-state index in [-0.39, 0.29) is 0 Å². The predicted octanol–water partition coefficient (Wildman–Crippen LogP) is 3.21. The molecule has 0 spiro atoms. The van der Waals surface area contributed by atoms with E-state index < -0.39 is 0 Å². The molecule has 3 nitrogen and oxygen atoms in total. The molecule has 0 amide bonds. The molecule has 0 bridgehead atoms. The van der Waals surface area contributed by atoms with Crippen molar-refractivity contribution in [3.63, 3.8) is 0 Å². The number of nitrogens with two attached hydrogens (primary N) is 1. The third kappa shape index (κ3) is 2.33. The van der Waals surface area contributed by atoms with E-state index in [4.69, 9.17) is 22.1 Å². The fourth-order valence-electron chi connectivity index (χ4n) is 2.31. The van der Waals surface area contributed by atoms with Gasteiger partial charge in [-0.05, 0) is 24.1 Å². The normalized spacial score (nSPS) is 11.1. The van der Waals surface area contributed by atoms with Crippen molar-refractivity contribution in [1.82, 2.24) is 4.57 Å². The Morgan fingerprint density at radius 3 is 2.78 bits per heavy atom. The van der Waals surface area contributed by atoms with E-state index in [1.807, 2.05) is 12.1 Å². The first-order chi connectivity index (χ1) is 8.71. The largest absolute Gasteiger partial charge is 0.495 e. The van der Waals surface area contributed by atoms with Crippen LogP contribution in [0.1, 0.15) is 18.9 Å². The van der Waals surface area contributed by atoms with E-state index in [0.717, 1.165) is 30.7 Å². The smallest absolute Gasteiger partial charge is 0.138 e. The quantitative estimate of drug-likeness (QED) is 0.903.